The smallest absolute Gasteiger partial charge is 0.201 e. The van der Waals surface area contributed by atoms with Crippen molar-refractivity contribution in [2.45, 2.75) is 71.6 Å². The van der Waals surface area contributed by atoms with E-state index in [0.717, 1.165) is 24.7 Å². The number of hydrogen-bond acceptors (Lipinski definition) is 1. The molecule has 0 aromatic heterocycles. The number of rotatable bonds is 10. The van der Waals surface area contributed by atoms with Crippen LogP contribution < -0.4 is 4.74 Å². The molecule has 2 aliphatic rings. The SMILES string of the molecule is CCCCCC1CCC2C(c3ccc(-c4ccc(OCCCC)c(F)c4F)cc3)=CCC12. The van der Waals surface area contributed by atoms with Gasteiger partial charge in [-0.3, -0.25) is 0 Å². The largest absolute Gasteiger partial charge is 0.490 e. The molecule has 1 saturated carbocycles. The summed E-state index contributed by atoms with van der Waals surface area (Å²) in [7, 11) is 0. The summed E-state index contributed by atoms with van der Waals surface area (Å²) >= 11 is 0. The third-order valence-electron chi connectivity index (χ3n) is 7.49. The molecule has 0 aliphatic heterocycles. The van der Waals surface area contributed by atoms with Crippen LogP contribution in [0.15, 0.2) is 42.5 Å². The van der Waals surface area contributed by atoms with Crippen LogP contribution in [0, 0.1) is 29.4 Å². The number of fused-ring (bicyclic) bond motifs is 1. The lowest BCUT2D eigenvalue weighted by molar-refractivity contribution is 0.289. The zero-order chi connectivity index (χ0) is 22.5. The fourth-order valence-electron chi connectivity index (χ4n) is 5.69. The van der Waals surface area contributed by atoms with E-state index in [2.05, 4.69) is 25.1 Å². The van der Waals surface area contributed by atoms with E-state index in [1.54, 1.807) is 12.1 Å². The van der Waals surface area contributed by atoms with E-state index in [9.17, 15) is 8.78 Å². The number of halogens is 2. The zero-order valence-electron chi connectivity index (χ0n) is 19.5. The topological polar surface area (TPSA) is 9.23 Å². The number of hydrogen-bond donors (Lipinski definition) is 0. The van der Waals surface area contributed by atoms with Crippen molar-refractivity contribution >= 4 is 5.57 Å². The van der Waals surface area contributed by atoms with Crippen molar-refractivity contribution in [2.24, 2.45) is 17.8 Å². The van der Waals surface area contributed by atoms with Crippen LogP contribution in [0.3, 0.4) is 0 Å². The summed E-state index contributed by atoms with van der Waals surface area (Å²) in [6.07, 6.45) is 13.4. The van der Waals surface area contributed by atoms with Gasteiger partial charge in [0.1, 0.15) is 0 Å². The summed E-state index contributed by atoms with van der Waals surface area (Å²) in [5.41, 5.74) is 3.68. The van der Waals surface area contributed by atoms with E-state index in [1.165, 1.54) is 56.1 Å². The molecule has 0 spiro atoms. The summed E-state index contributed by atoms with van der Waals surface area (Å²) in [4.78, 5) is 0. The normalized spacial score (nSPS) is 22.1. The van der Waals surface area contributed by atoms with Gasteiger partial charge < -0.3 is 4.74 Å². The molecule has 0 saturated heterocycles. The first-order valence-corrected chi connectivity index (χ1v) is 12.6. The van der Waals surface area contributed by atoms with Gasteiger partial charge in [0.25, 0.3) is 0 Å². The average Bonchev–Trinajstić information content (AvgIpc) is 3.40. The molecule has 2 aliphatic carbocycles. The summed E-state index contributed by atoms with van der Waals surface area (Å²) in [5, 5.41) is 0. The van der Waals surface area contributed by atoms with E-state index < -0.39 is 11.6 Å². The predicted molar refractivity (Wildman–Crippen MR) is 129 cm³/mol. The molecule has 32 heavy (non-hydrogen) atoms. The standard InChI is InChI=1S/C29H36F2O/c1-3-5-7-8-20-13-14-26-23(20)15-16-24(26)21-9-11-22(12-10-21)25-17-18-27(29(31)28(25)30)32-19-6-4-2/h9-12,16-18,20,23,26H,3-8,13-15,19H2,1-2H3. The molecule has 2 aromatic rings. The lowest BCUT2D eigenvalue weighted by Gasteiger charge is -2.20. The van der Waals surface area contributed by atoms with Crippen molar-refractivity contribution in [3.05, 3.63) is 59.7 Å². The first kappa shape index (κ1) is 23.0. The third kappa shape index (κ3) is 4.77. The van der Waals surface area contributed by atoms with Gasteiger partial charge in [0, 0.05) is 5.56 Å². The number of allylic oxidation sites excluding steroid dienone is 2. The third-order valence-corrected chi connectivity index (χ3v) is 7.49. The molecule has 3 unspecified atom stereocenters. The van der Waals surface area contributed by atoms with Crippen LogP contribution in [0.2, 0.25) is 0 Å². The Morgan fingerprint density at radius 1 is 0.844 bits per heavy atom. The van der Waals surface area contributed by atoms with E-state index in [0.29, 0.717) is 18.1 Å². The number of unbranched alkanes of at least 4 members (excludes halogenated alkanes) is 3. The highest BCUT2D eigenvalue weighted by Gasteiger charge is 2.40. The Hall–Kier alpha value is -2.16. The van der Waals surface area contributed by atoms with Crippen LogP contribution in [0.4, 0.5) is 8.78 Å². The quantitative estimate of drug-likeness (QED) is 0.337. The summed E-state index contributed by atoms with van der Waals surface area (Å²) in [6, 6.07) is 11.2. The molecule has 3 heteroatoms. The van der Waals surface area contributed by atoms with Crippen LogP contribution in [0.25, 0.3) is 16.7 Å². The van der Waals surface area contributed by atoms with Gasteiger partial charge in [0.15, 0.2) is 11.6 Å². The monoisotopic (exact) mass is 438 g/mol. The molecule has 4 rings (SSSR count). The first-order chi connectivity index (χ1) is 15.6. The Bertz CT molecular complexity index is 931. The molecule has 2 aromatic carbocycles. The van der Waals surface area contributed by atoms with Crippen molar-refractivity contribution in [1.29, 1.82) is 0 Å². The number of ether oxygens (including phenoxy) is 1. The summed E-state index contributed by atoms with van der Waals surface area (Å²) < 4.78 is 34.6. The highest BCUT2D eigenvalue weighted by molar-refractivity contribution is 5.73. The molecule has 0 amide bonds. The van der Waals surface area contributed by atoms with E-state index >= 15 is 0 Å². The lowest BCUT2D eigenvalue weighted by Crippen LogP contribution is -2.11. The predicted octanol–water partition coefficient (Wildman–Crippen LogP) is 8.82. The second kappa shape index (κ2) is 10.6. The molecule has 1 nitrogen and oxygen atoms in total. The molecule has 3 atom stereocenters. The second-order valence-corrected chi connectivity index (χ2v) is 9.52. The van der Waals surface area contributed by atoms with Gasteiger partial charge in [0.05, 0.1) is 6.61 Å². The second-order valence-electron chi connectivity index (χ2n) is 9.52. The molecular formula is C29H36F2O. The average molecular weight is 439 g/mol. The molecule has 172 valence electrons. The van der Waals surface area contributed by atoms with Crippen molar-refractivity contribution in [1.82, 2.24) is 0 Å². The fraction of sp³-hybridized carbons (Fsp3) is 0.517. The van der Waals surface area contributed by atoms with Gasteiger partial charge in [0.2, 0.25) is 5.82 Å². The highest BCUT2D eigenvalue weighted by atomic mass is 19.2. The Morgan fingerprint density at radius 2 is 1.59 bits per heavy atom. The molecule has 0 heterocycles. The van der Waals surface area contributed by atoms with Crippen molar-refractivity contribution in [3.63, 3.8) is 0 Å². The Kier molecular flexibility index (Phi) is 7.65. The van der Waals surface area contributed by atoms with E-state index in [4.69, 9.17) is 4.74 Å². The van der Waals surface area contributed by atoms with Gasteiger partial charge in [-0.15, -0.1) is 0 Å². The molecule has 0 bridgehead atoms. The van der Waals surface area contributed by atoms with Crippen LogP contribution >= 0.6 is 0 Å². The maximum absolute atomic E-state index is 14.7. The lowest BCUT2D eigenvalue weighted by atomic mass is 9.84. The van der Waals surface area contributed by atoms with Gasteiger partial charge >= 0.3 is 0 Å². The van der Waals surface area contributed by atoms with Crippen LogP contribution in [-0.4, -0.2) is 6.61 Å². The van der Waals surface area contributed by atoms with E-state index in [1.807, 2.05) is 19.1 Å². The number of benzene rings is 2. The van der Waals surface area contributed by atoms with Gasteiger partial charge in [-0.25, -0.2) is 4.39 Å². The van der Waals surface area contributed by atoms with Gasteiger partial charge in [-0.1, -0.05) is 76.3 Å². The minimum absolute atomic E-state index is 0.00630. The molecule has 0 radical (unpaired) electrons. The van der Waals surface area contributed by atoms with Crippen LogP contribution in [-0.2, 0) is 0 Å². The minimum atomic E-state index is -0.899. The molecular weight excluding hydrogens is 402 g/mol. The Balaban J connectivity index is 1.45. The summed E-state index contributed by atoms with van der Waals surface area (Å²) in [5.74, 6) is 0.596. The Labute approximate surface area is 191 Å². The van der Waals surface area contributed by atoms with Gasteiger partial charge in [-0.2, -0.15) is 4.39 Å². The first-order valence-electron chi connectivity index (χ1n) is 12.6. The fourth-order valence-corrected chi connectivity index (χ4v) is 5.69. The van der Waals surface area contributed by atoms with E-state index in [-0.39, 0.29) is 11.3 Å². The minimum Gasteiger partial charge on any atom is -0.490 e. The van der Waals surface area contributed by atoms with Crippen molar-refractivity contribution in [2.75, 3.05) is 6.61 Å². The van der Waals surface area contributed by atoms with Crippen LogP contribution in [0.1, 0.15) is 77.2 Å². The Morgan fingerprint density at radius 3 is 2.34 bits per heavy atom. The highest BCUT2D eigenvalue weighted by Crippen LogP contribution is 2.52. The van der Waals surface area contributed by atoms with Crippen molar-refractivity contribution in [3.8, 4) is 16.9 Å². The maximum Gasteiger partial charge on any atom is 0.201 e. The van der Waals surface area contributed by atoms with Crippen LogP contribution in [0.5, 0.6) is 5.75 Å². The molecule has 0 N–H and O–H groups in total. The molecule has 1 fully saturated rings. The van der Waals surface area contributed by atoms with Crippen molar-refractivity contribution < 1.29 is 13.5 Å². The van der Waals surface area contributed by atoms with Gasteiger partial charge in [-0.05, 0) is 72.3 Å². The summed E-state index contributed by atoms with van der Waals surface area (Å²) in [6.45, 7) is 4.71. The maximum atomic E-state index is 14.7. The zero-order valence-corrected chi connectivity index (χ0v) is 19.5.